The fraction of sp³-hybridized carbons (Fsp3) is 0.500. The van der Waals surface area contributed by atoms with Crippen LogP contribution in [0.5, 0.6) is 11.5 Å². The smallest absolute Gasteiger partial charge is 0.161 e. The number of ether oxygens (including phenoxy) is 2. The Hall–Kier alpha value is -1.98. The van der Waals surface area contributed by atoms with Gasteiger partial charge in [0.05, 0.1) is 26.0 Å². The van der Waals surface area contributed by atoms with Gasteiger partial charge in [-0.1, -0.05) is 6.07 Å². The van der Waals surface area contributed by atoms with Crippen LogP contribution in [0.2, 0.25) is 0 Å². The minimum absolute atomic E-state index is 0.294. The van der Waals surface area contributed by atoms with Gasteiger partial charge in [-0.05, 0) is 62.7 Å². The lowest BCUT2D eigenvalue weighted by Crippen LogP contribution is -2.33. The molecular formula is C20H28N2O3. The van der Waals surface area contributed by atoms with E-state index in [1.807, 2.05) is 25.1 Å². The minimum atomic E-state index is 0.294. The van der Waals surface area contributed by atoms with Crippen molar-refractivity contribution in [2.24, 2.45) is 0 Å². The summed E-state index contributed by atoms with van der Waals surface area (Å²) in [4.78, 5) is 2.51. The first kappa shape index (κ1) is 17.8. The molecule has 3 rings (SSSR count). The maximum absolute atomic E-state index is 5.67. The van der Waals surface area contributed by atoms with Crippen LogP contribution in [0, 0.1) is 0 Å². The average molecular weight is 344 g/mol. The Morgan fingerprint density at radius 3 is 2.72 bits per heavy atom. The molecule has 5 nitrogen and oxygen atoms in total. The Morgan fingerprint density at radius 2 is 2.04 bits per heavy atom. The van der Waals surface area contributed by atoms with Gasteiger partial charge in [0.25, 0.3) is 0 Å². The number of methoxy groups -OCH3 is 1. The highest BCUT2D eigenvalue weighted by Crippen LogP contribution is 2.28. The van der Waals surface area contributed by atoms with Gasteiger partial charge in [0, 0.05) is 13.1 Å². The van der Waals surface area contributed by atoms with E-state index in [2.05, 4.69) is 22.3 Å². The first-order valence-corrected chi connectivity index (χ1v) is 9.09. The van der Waals surface area contributed by atoms with Crippen LogP contribution in [0.15, 0.2) is 41.0 Å². The Balaban J connectivity index is 1.61. The zero-order valence-electron chi connectivity index (χ0n) is 15.2. The zero-order chi connectivity index (χ0) is 17.5. The van der Waals surface area contributed by atoms with E-state index in [-0.39, 0.29) is 0 Å². The van der Waals surface area contributed by atoms with E-state index in [9.17, 15) is 0 Å². The van der Waals surface area contributed by atoms with Crippen molar-refractivity contribution < 1.29 is 13.9 Å². The van der Waals surface area contributed by atoms with E-state index < -0.39 is 0 Å². The van der Waals surface area contributed by atoms with Gasteiger partial charge in [0.2, 0.25) is 0 Å². The van der Waals surface area contributed by atoms with Crippen molar-refractivity contribution >= 4 is 0 Å². The number of hydrogen-bond donors (Lipinski definition) is 1. The largest absolute Gasteiger partial charge is 0.493 e. The predicted molar refractivity (Wildman–Crippen MR) is 98.1 cm³/mol. The molecule has 1 aliphatic rings. The van der Waals surface area contributed by atoms with Gasteiger partial charge in [0.1, 0.15) is 5.76 Å². The predicted octanol–water partition coefficient (Wildman–Crippen LogP) is 3.61. The Morgan fingerprint density at radius 1 is 1.20 bits per heavy atom. The van der Waals surface area contributed by atoms with Crippen LogP contribution >= 0.6 is 0 Å². The summed E-state index contributed by atoms with van der Waals surface area (Å²) in [5.74, 6) is 2.61. The van der Waals surface area contributed by atoms with Crippen molar-refractivity contribution in [3.05, 3.63) is 47.9 Å². The number of hydrogen-bond acceptors (Lipinski definition) is 5. The fourth-order valence-corrected chi connectivity index (χ4v) is 3.40. The fourth-order valence-electron chi connectivity index (χ4n) is 3.40. The molecule has 0 aliphatic carbocycles. The van der Waals surface area contributed by atoms with Crippen LogP contribution in [-0.2, 0) is 6.54 Å². The third kappa shape index (κ3) is 4.55. The number of nitrogens with one attached hydrogen (secondary N) is 1. The molecule has 2 heterocycles. The molecule has 1 aliphatic heterocycles. The van der Waals surface area contributed by atoms with Gasteiger partial charge in [-0.2, -0.15) is 0 Å². The summed E-state index contributed by atoms with van der Waals surface area (Å²) >= 11 is 0. The van der Waals surface area contributed by atoms with E-state index >= 15 is 0 Å². The monoisotopic (exact) mass is 344 g/mol. The van der Waals surface area contributed by atoms with Crippen molar-refractivity contribution in [3.63, 3.8) is 0 Å². The summed E-state index contributed by atoms with van der Waals surface area (Å²) in [6.07, 6.45) is 4.30. The van der Waals surface area contributed by atoms with Crippen LogP contribution in [0.1, 0.15) is 37.1 Å². The maximum Gasteiger partial charge on any atom is 0.161 e. The number of furan rings is 1. The lowest BCUT2D eigenvalue weighted by atomic mass is 10.1. The molecule has 1 N–H and O–H groups in total. The van der Waals surface area contributed by atoms with Crippen molar-refractivity contribution in [1.82, 2.24) is 10.2 Å². The van der Waals surface area contributed by atoms with Gasteiger partial charge in [-0.15, -0.1) is 0 Å². The molecule has 136 valence electrons. The molecule has 0 amide bonds. The zero-order valence-corrected chi connectivity index (χ0v) is 15.2. The molecule has 0 bridgehead atoms. The first-order valence-electron chi connectivity index (χ1n) is 9.09. The van der Waals surface area contributed by atoms with E-state index in [0.717, 1.165) is 43.4 Å². The normalized spacial score (nSPS) is 16.1. The lowest BCUT2D eigenvalue weighted by molar-refractivity contribution is 0.209. The number of benzene rings is 1. The molecule has 1 aromatic carbocycles. The van der Waals surface area contributed by atoms with E-state index in [4.69, 9.17) is 13.9 Å². The van der Waals surface area contributed by atoms with Crippen LogP contribution in [0.4, 0.5) is 0 Å². The summed E-state index contributed by atoms with van der Waals surface area (Å²) in [5, 5.41) is 3.58. The molecule has 1 unspecified atom stereocenters. The van der Waals surface area contributed by atoms with Crippen molar-refractivity contribution in [3.8, 4) is 11.5 Å². The third-order valence-corrected chi connectivity index (χ3v) is 4.65. The van der Waals surface area contributed by atoms with Gasteiger partial charge < -0.3 is 19.2 Å². The van der Waals surface area contributed by atoms with E-state index in [1.165, 1.54) is 18.4 Å². The SMILES string of the molecule is CCOc1cc(CNCC(c2ccco2)N2CCCC2)ccc1OC. The number of nitrogens with zero attached hydrogens (tertiary/aromatic N) is 1. The van der Waals surface area contributed by atoms with E-state index in [0.29, 0.717) is 12.6 Å². The summed E-state index contributed by atoms with van der Waals surface area (Å²) < 4.78 is 16.7. The molecular weight excluding hydrogens is 316 g/mol. The highest BCUT2D eigenvalue weighted by atomic mass is 16.5. The first-order chi connectivity index (χ1) is 12.3. The minimum Gasteiger partial charge on any atom is -0.493 e. The molecule has 5 heteroatoms. The molecule has 25 heavy (non-hydrogen) atoms. The van der Waals surface area contributed by atoms with Gasteiger partial charge >= 0.3 is 0 Å². The van der Waals surface area contributed by atoms with Crippen molar-refractivity contribution in [2.45, 2.75) is 32.4 Å². The molecule has 2 aromatic rings. The Labute approximate surface area is 149 Å². The molecule has 1 atom stereocenters. The molecule has 0 radical (unpaired) electrons. The summed E-state index contributed by atoms with van der Waals surface area (Å²) in [5.41, 5.74) is 1.18. The topological polar surface area (TPSA) is 46.9 Å². The maximum atomic E-state index is 5.67. The number of rotatable bonds is 9. The average Bonchev–Trinajstić information content (AvgIpc) is 3.33. The van der Waals surface area contributed by atoms with Gasteiger partial charge in [-0.25, -0.2) is 0 Å². The second-order valence-corrected chi connectivity index (χ2v) is 6.32. The van der Waals surface area contributed by atoms with Gasteiger partial charge in [0.15, 0.2) is 11.5 Å². The Bertz CT molecular complexity index is 636. The van der Waals surface area contributed by atoms with Gasteiger partial charge in [-0.3, -0.25) is 4.90 Å². The van der Waals surface area contributed by atoms with Crippen molar-refractivity contribution in [2.75, 3.05) is 33.4 Å². The lowest BCUT2D eigenvalue weighted by Gasteiger charge is -2.26. The van der Waals surface area contributed by atoms with Crippen LogP contribution < -0.4 is 14.8 Å². The van der Waals surface area contributed by atoms with Crippen LogP contribution in [0.3, 0.4) is 0 Å². The second-order valence-electron chi connectivity index (χ2n) is 6.32. The molecule has 0 spiro atoms. The second kappa shape index (κ2) is 8.92. The standard InChI is InChI=1S/C20H28N2O3/c1-3-24-20-13-16(8-9-19(20)23-2)14-21-15-17(18-7-6-12-25-18)22-10-4-5-11-22/h6-9,12-13,17,21H,3-5,10-11,14-15H2,1-2H3. The molecule has 1 aromatic heterocycles. The molecule has 0 saturated carbocycles. The molecule has 1 fully saturated rings. The van der Waals surface area contributed by atoms with Crippen LogP contribution in [-0.4, -0.2) is 38.3 Å². The summed E-state index contributed by atoms with van der Waals surface area (Å²) in [7, 11) is 1.67. The summed E-state index contributed by atoms with van der Waals surface area (Å²) in [6.45, 7) is 6.55. The van der Waals surface area contributed by atoms with Crippen LogP contribution in [0.25, 0.3) is 0 Å². The quantitative estimate of drug-likeness (QED) is 0.753. The van der Waals surface area contributed by atoms with Crippen molar-refractivity contribution in [1.29, 1.82) is 0 Å². The highest BCUT2D eigenvalue weighted by Gasteiger charge is 2.25. The molecule has 1 saturated heterocycles. The highest BCUT2D eigenvalue weighted by molar-refractivity contribution is 5.42. The Kier molecular flexibility index (Phi) is 6.36. The summed E-state index contributed by atoms with van der Waals surface area (Å²) in [6, 6.07) is 10.4. The third-order valence-electron chi connectivity index (χ3n) is 4.65. The van der Waals surface area contributed by atoms with E-state index in [1.54, 1.807) is 13.4 Å². The number of likely N-dealkylation sites (tertiary alicyclic amines) is 1.